The maximum Gasteiger partial charge on any atom is 0.354 e. The molecule has 1 aliphatic rings. The van der Waals surface area contributed by atoms with Crippen LogP contribution in [0.1, 0.15) is 29.4 Å². The van der Waals surface area contributed by atoms with Gasteiger partial charge in [-0.3, -0.25) is 9.48 Å². The predicted octanol–water partition coefficient (Wildman–Crippen LogP) is 2.18. The molecule has 0 saturated carbocycles. The lowest BCUT2D eigenvalue weighted by atomic mass is 10.1. The molecule has 22 heavy (non-hydrogen) atoms. The zero-order valence-corrected chi connectivity index (χ0v) is 12.5. The van der Waals surface area contributed by atoms with Crippen LogP contribution in [-0.4, -0.2) is 33.8 Å². The van der Waals surface area contributed by atoms with Crippen molar-refractivity contribution in [3.63, 3.8) is 0 Å². The Bertz CT molecular complexity index is 764. The van der Waals surface area contributed by atoms with Crippen LogP contribution in [0.5, 0.6) is 0 Å². The van der Waals surface area contributed by atoms with Crippen LogP contribution in [0.15, 0.2) is 24.3 Å². The number of anilines is 1. The number of aryl methyl sites for hydroxylation is 1. The van der Waals surface area contributed by atoms with Gasteiger partial charge >= 0.3 is 5.97 Å². The fraction of sp³-hybridized carbons (Fsp3) is 0.312. The fourth-order valence-corrected chi connectivity index (χ4v) is 2.74. The molecule has 0 saturated heterocycles. The second kappa shape index (κ2) is 5.29. The molecule has 6 heteroatoms. The quantitative estimate of drug-likeness (QED) is 0.939. The molecule has 0 aliphatic carbocycles. The van der Waals surface area contributed by atoms with Crippen molar-refractivity contribution in [3.8, 4) is 11.3 Å². The molecule has 1 aliphatic heterocycles. The van der Waals surface area contributed by atoms with Crippen LogP contribution in [0.3, 0.4) is 0 Å². The Morgan fingerprint density at radius 2 is 2.14 bits per heavy atom. The Morgan fingerprint density at radius 1 is 1.36 bits per heavy atom. The van der Waals surface area contributed by atoms with E-state index in [1.165, 1.54) is 4.68 Å². The molecular weight excluding hydrogens is 282 g/mol. The number of nitrogens with zero attached hydrogens (tertiary/aromatic N) is 3. The second-order valence-electron chi connectivity index (χ2n) is 5.42. The van der Waals surface area contributed by atoms with E-state index in [1.54, 1.807) is 18.0 Å². The normalized spacial score (nSPS) is 13.5. The number of aromatic nitrogens is 2. The van der Waals surface area contributed by atoms with Crippen LogP contribution < -0.4 is 4.90 Å². The van der Waals surface area contributed by atoms with Gasteiger partial charge in [-0.05, 0) is 30.2 Å². The van der Waals surface area contributed by atoms with Crippen molar-refractivity contribution in [1.29, 1.82) is 0 Å². The highest BCUT2D eigenvalue weighted by Gasteiger charge is 2.24. The van der Waals surface area contributed by atoms with E-state index in [1.807, 2.05) is 25.1 Å². The maximum atomic E-state index is 11.7. The van der Waals surface area contributed by atoms with Gasteiger partial charge < -0.3 is 10.0 Å². The number of benzene rings is 1. The molecule has 1 N–H and O–H groups in total. The summed E-state index contributed by atoms with van der Waals surface area (Å²) in [5, 5.41) is 13.7. The highest BCUT2D eigenvalue weighted by Crippen LogP contribution is 2.31. The summed E-state index contributed by atoms with van der Waals surface area (Å²) in [7, 11) is 1.76. The SMILES string of the molecule is CCCn1nc(-c2ccc3c(c2)CC(=O)N3C)cc1C(=O)O. The van der Waals surface area contributed by atoms with Crippen molar-refractivity contribution in [2.45, 2.75) is 26.3 Å². The molecular formula is C16H17N3O3. The fourth-order valence-electron chi connectivity index (χ4n) is 2.74. The third kappa shape index (κ3) is 2.26. The van der Waals surface area contributed by atoms with Gasteiger partial charge in [0.05, 0.1) is 12.1 Å². The highest BCUT2D eigenvalue weighted by molar-refractivity contribution is 6.01. The van der Waals surface area contributed by atoms with E-state index in [2.05, 4.69) is 5.10 Å². The van der Waals surface area contributed by atoms with Gasteiger partial charge in [0.25, 0.3) is 0 Å². The summed E-state index contributed by atoms with van der Waals surface area (Å²) in [6, 6.07) is 7.26. The summed E-state index contributed by atoms with van der Waals surface area (Å²) in [5.74, 6) is -0.918. The molecule has 114 valence electrons. The average molecular weight is 299 g/mol. The zero-order chi connectivity index (χ0) is 15.9. The van der Waals surface area contributed by atoms with Crippen LogP contribution in [0.2, 0.25) is 0 Å². The van der Waals surface area contributed by atoms with Crippen molar-refractivity contribution in [1.82, 2.24) is 9.78 Å². The van der Waals surface area contributed by atoms with Crippen molar-refractivity contribution < 1.29 is 14.7 Å². The van der Waals surface area contributed by atoms with Crippen LogP contribution >= 0.6 is 0 Å². The minimum atomic E-state index is -0.983. The molecule has 1 aromatic carbocycles. The Hall–Kier alpha value is -2.63. The minimum absolute atomic E-state index is 0.0647. The molecule has 2 aromatic rings. The molecule has 0 atom stereocenters. The Morgan fingerprint density at radius 3 is 2.82 bits per heavy atom. The number of carboxylic acids is 1. The van der Waals surface area contributed by atoms with Gasteiger partial charge in [0.1, 0.15) is 5.69 Å². The number of amides is 1. The first-order valence-corrected chi connectivity index (χ1v) is 7.22. The van der Waals surface area contributed by atoms with Gasteiger partial charge in [0, 0.05) is 24.8 Å². The molecule has 0 bridgehead atoms. The van der Waals surface area contributed by atoms with Gasteiger partial charge in [0.15, 0.2) is 0 Å². The van der Waals surface area contributed by atoms with Crippen LogP contribution in [0.25, 0.3) is 11.3 Å². The van der Waals surface area contributed by atoms with Gasteiger partial charge in [-0.2, -0.15) is 5.10 Å². The van der Waals surface area contributed by atoms with E-state index in [-0.39, 0.29) is 11.6 Å². The summed E-state index contributed by atoms with van der Waals surface area (Å²) in [6.45, 7) is 2.54. The van der Waals surface area contributed by atoms with Crippen molar-refractivity contribution in [2.24, 2.45) is 0 Å². The number of rotatable bonds is 4. The number of carboxylic acid groups (broad SMARTS) is 1. The van der Waals surface area contributed by atoms with Crippen LogP contribution in [-0.2, 0) is 17.8 Å². The lowest BCUT2D eigenvalue weighted by Gasteiger charge is -2.09. The largest absolute Gasteiger partial charge is 0.477 e. The average Bonchev–Trinajstić information content (AvgIpc) is 3.02. The van der Waals surface area contributed by atoms with Crippen LogP contribution in [0, 0.1) is 0 Å². The van der Waals surface area contributed by atoms with E-state index in [9.17, 15) is 14.7 Å². The topological polar surface area (TPSA) is 75.4 Å². The van der Waals surface area contributed by atoms with Gasteiger partial charge in [-0.15, -0.1) is 0 Å². The monoisotopic (exact) mass is 299 g/mol. The molecule has 1 aromatic heterocycles. The lowest BCUT2D eigenvalue weighted by Crippen LogP contribution is -2.20. The van der Waals surface area contributed by atoms with E-state index < -0.39 is 5.97 Å². The molecule has 0 spiro atoms. The molecule has 0 radical (unpaired) electrons. The second-order valence-corrected chi connectivity index (χ2v) is 5.42. The van der Waals surface area contributed by atoms with Crippen molar-refractivity contribution >= 4 is 17.6 Å². The predicted molar refractivity (Wildman–Crippen MR) is 82.0 cm³/mol. The first-order valence-electron chi connectivity index (χ1n) is 7.22. The van der Waals surface area contributed by atoms with Gasteiger partial charge in [-0.1, -0.05) is 13.0 Å². The standard InChI is InChI=1S/C16H17N3O3/c1-3-6-19-14(16(21)22)9-12(17-19)10-4-5-13-11(7-10)8-15(20)18(13)2/h4-5,7,9H,3,6,8H2,1-2H3,(H,21,22). The van der Waals surface area contributed by atoms with Crippen molar-refractivity contribution in [3.05, 3.63) is 35.5 Å². The molecule has 6 nitrogen and oxygen atoms in total. The number of aromatic carboxylic acids is 1. The lowest BCUT2D eigenvalue weighted by molar-refractivity contribution is -0.117. The smallest absolute Gasteiger partial charge is 0.354 e. The first-order chi connectivity index (χ1) is 10.5. The third-order valence-electron chi connectivity index (χ3n) is 3.89. The number of fused-ring (bicyclic) bond motifs is 1. The number of hydrogen-bond donors (Lipinski definition) is 1. The maximum absolute atomic E-state index is 11.7. The van der Waals surface area contributed by atoms with E-state index in [0.717, 1.165) is 23.2 Å². The van der Waals surface area contributed by atoms with E-state index in [4.69, 9.17) is 0 Å². The highest BCUT2D eigenvalue weighted by atomic mass is 16.4. The molecule has 1 amide bonds. The summed E-state index contributed by atoms with van der Waals surface area (Å²) < 4.78 is 1.52. The molecule has 3 rings (SSSR count). The van der Waals surface area contributed by atoms with Gasteiger partial charge in [0.2, 0.25) is 5.91 Å². The number of hydrogen-bond acceptors (Lipinski definition) is 3. The minimum Gasteiger partial charge on any atom is -0.477 e. The summed E-state index contributed by atoms with van der Waals surface area (Å²) in [4.78, 5) is 24.7. The molecule has 0 unspecified atom stereocenters. The summed E-state index contributed by atoms with van der Waals surface area (Å²) in [6.07, 6.45) is 1.19. The molecule has 2 heterocycles. The Balaban J connectivity index is 2.02. The van der Waals surface area contributed by atoms with Crippen LogP contribution in [0.4, 0.5) is 5.69 Å². The van der Waals surface area contributed by atoms with Crippen molar-refractivity contribution in [2.75, 3.05) is 11.9 Å². The summed E-state index contributed by atoms with van der Waals surface area (Å²) >= 11 is 0. The summed E-state index contributed by atoms with van der Waals surface area (Å²) in [5.41, 5.74) is 3.49. The number of carbonyl (C=O) groups is 2. The zero-order valence-electron chi connectivity index (χ0n) is 12.5. The molecule has 0 fully saturated rings. The Labute approximate surface area is 128 Å². The number of carbonyl (C=O) groups excluding carboxylic acids is 1. The third-order valence-corrected chi connectivity index (χ3v) is 3.89. The van der Waals surface area contributed by atoms with Gasteiger partial charge in [-0.25, -0.2) is 4.79 Å². The van der Waals surface area contributed by atoms with E-state index in [0.29, 0.717) is 18.7 Å². The first kappa shape index (κ1) is 14.3. The number of likely N-dealkylation sites (N-methyl/N-ethyl adjacent to an activating group) is 1. The Kier molecular flexibility index (Phi) is 3.44. The van der Waals surface area contributed by atoms with E-state index >= 15 is 0 Å².